The standard InChI is InChI=1S/C20H21N3O2S/c1-25-12-11-23(14-16-7-3-2-4-8-16)19(24)13-17-15-26-20(22-17)18-9-5-6-10-21-18/h2-10,15H,11-14H2,1H3. The second kappa shape index (κ2) is 9.22. The number of carbonyl (C=O) groups excluding carboxylic acids is 1. The van der Waals surface area contributed by atoms with Gasteiger partial charge >= 0.3 is 0 Å². The Balaban J connectivity index is 1.68. The number of thiazole rings is 1. The van der Waals surface area contributed by atoms with Crippen molar-refractivity contribution in [3.8, 4) is 10.7 Å². The summed E-state index contributed by atoms with van der Waals surface area (Å²) in [5, 5.41) is 2.76. The van der Waals surface area contributed by atoms with Gasteiger partial charge in [-0.3, -0.25) is 9.78 Å². The van der Waals surface area contributed by atoms with Gasteiger partial charge in [-0.15, -0.1) is 11.3 Å². The zero-order chi connectivity index (χ0) is 18.2. The number of pyridine rings is 1. The van der Waals surface area contributed by atoms with Crippen LogP contribution in [0.4, 0.5) is 0 Å². The van der Waals surface area contributed by atoms with Crippen LogP contribution in [-0.2, 0) is 22.5 Å². The van der Waals surface area contributed by atoms with Crippen molar-refractivity contribution in [3.05, 3.63) is 71.4 Å². The van der Waals surface area contributed by atoms with E-state index in [1.807, 2.05) is 58.8 Å². The normalized spacial score (nSPS) is 10.7. The third-order valence-corrected chi connectivity index (χ3v) is 4.82. The first kappa shape index (κ1) is 18.2. The van der Waals surface area contributed by atoms with E-state index in [4.69, 9.17) is 4.74 Å². The molecule has 26 heavy (non-hydrogen) atoms. The van der Waals surface area contributed by atoms with Gasteiger partial charge < -0.3 is 9.64 Å². The van der Waals surface area contributed by atoms with Crippen molar-refractivity contribution in [2.75, 3.05) is 20.3 Å². The van der Waals surface area contributed by atoms with E-state index < -0.39 is 0 Å². The molecule has 0 saturated carbocycles. The summed E-state index contributed by atoms with van der Waals surface area (Å²) >= 11 is 1.51. The van der Waals surface area contributed by atoms with Crippen molar-refractivity contribution in [2.45, 2.75) is 13.0 Å². The SMILES string of the molecule is COCCN(Cc1ccccc1)C(=O)Cc1csc(-c2ccccn2)n1. The Bertz CT molecular complexity index is 821. The first-order valence-corrected chi connectivity index (χ1v) is 9.30. The van der Waals surface area contributed by atoms with E-state index in [-0.39, 0.29) is 12.3 Å². The number of aromatic nitrogens is 2. The van der Waals surface area contributed by atoms with Crippen molar-refractivity contribution >= 4 is 17.2 Å². The van der Waals surface area contributed by atoms with Gasteiger partial charge in [-0.05, 0) is 17.7 Å². The van der Waals surface area contributed by atoms with Gasteiger partial charge in [0, 0.05) is 31.8 Å². The van der Waals surface area contributed by atoms with Gasteiger partial charge in [-0.1, -0.05) is 36.4 Å². The molecule has 2 aromatic heterocycles. The monoisotopic (exact) mass is 367 g/mol. The lowest BCUT2D eigenvalue weighted by molar-refractivity contribution is -0.131. The largest absolute Gasteiger partial charge is 0.383 e. The molecule has 0 radical (unpaired) electrons. The third-order valence-electron chi connectivity index (χ3n) is 3.90. The highest BCUT2D eigenvalue weighted by atomic mass is 32.1. The zero-order valence-electron chi connectivity index (χ0n) is 14.7. The van der Waals surface area contributed by atoms with E-state index in [1.54, 1.807) is 13.3 Å². The van der Waals surface area contributed by atoms with Crippen LogP contribution in [0, 0.1) is 0 Å². The van der Waals surface area contributed by atoms with Crippen LogP contribution >= 0.6 is 11.3 Å². The van der Waals surface area contributed by atoms with E-state index in [0.717, 1.165) is 22.0 Å². The minimum Gasteiger partial charge on any atom is -0.383 e. The lowest BCUT2D eigenvalue weighted by atomic mass is 10.2. The summed E-state index contributed by atoms with van der Waals surface area (Å²) in [5.74, 6) is 0.0452. The summed E-state index contributed by atoms with van der Waals surface area (Å²) < 4.78 is 5.16. The van der Waals surface area contributed by atoms with Gasteiger partial charge in [-0.2, -0.15) is 0 Å². The predicted octanol–water partition coefficient (Wildman–Crippen LogP) is 3.42. The number of nitrogens with zero attached hydrogens (tertiary/aromatic N) is 3. The summed E-state index contributed by atoms with van der Waals surface area (Å²) in [6.07, 6.45) is 2.02. The quantitative estimate of drug-likeness (QED) is 0.612. The molecule has 3 aromatic rings. The maximum Gasteiger partial charge on any atom is 0.228 e. The van der Waals surface area contributed by atoms with Crippen LogP contribution in [0.1, 0.15) is 11.3 Å². The molecule has 6 heteroatoms. The molecule has 1 aromatic carbocycles. The van der Waals surface area contributed by atoms with Gasteiger partial charge in [0.15, 0.2) is 0 Å². The van der Waals surface area contributed by atoms with Crippen molar-refractivity contribution in [1.29, 1.82) is 0 Å². The first-order chi connectivity index (χ1) is 12.8. The van der Waals surface area contributed by atoms with Gasteiger partial charge in [0.25, 0.3) is 0 Å². The number of carbonyl (C=O) groups is 1. The number of benzene rings is 1. The van der Waals surface area contributed by atoms with E-state index in [1.165, 1.54) is 11.3 Å². The fourth-order valence-corrected chi connectivity index (χ4v) is 3.35. The summed E-state index contributed by atoms with van der Waals surface area (Å²) in [5.41, 5.74) is 2.71. The molecule has 0 unspecified atom stereocenters. The molecule has 0 aliphatic rings. The smallest absolute Gasteiger partial charge is 0.228 e. The molecule has 2 heterocycles. The second-order valence-electron chi connectivity index (χ2n) is 5.83. The number of rotatable bonds is 8. The minimum absolute atomic E-state index is 0.0452. The average Bonchev–Trinajstić information content (AvgIpc) is 3.15. The zero-order valence-corrected chi connectivity index (χ0v) is 15.5. The fraction of sp³-hybridized carbons (Fsp3) is 0.250. The summed E-state index contributed by atoms with van der Waals surface area (Å²) in [7, 11) is 1.64. The number of hydrogen-bond donors (Lipinski definition) is 0. The van der Waals surface area contributed by atoms with Gasteiger partial charge in [0.05, 0.1) is 24.4 Å². The van der Waals surface area contributed by atoms with Crippen LogP contribution in [0.15, 0.2) is 60.1 Å². The molecule has 0 atom stereocenters. The maximum atomic E-state index is 12.8. The molecule has 3 rings (SSSR count). The fourth-order valence-electron chi connectivity index (χ4n) is 2.56. The number of methoxy groups -OCH3 is 1. The molecule has 5 nitrogen and oxygen atoms in total. The van der Waals surface area contributed by atoms with E-state index in [0.29, 0.717) is 19.7 Å². The van der Waals surface area contributed by atoms with E-state index >= 15 is 0 Å². The summed E-state index contributed by atoms with van der Waals surface area (Å²) in [6, 6.07) is 15.7. The first-order valence-electron chi connectivity index (χ1n) is 8.42. The van der Waals surface area contributed by atoms with Gasteiger partial charge in [0.1, 0.15) is 5.01 Å². The number of ether oxygens (including phenoxy) is 1. The van der Waals surface area contributed by atoms with Crippen LogP contribution in [0.2, 0.25) is 0 Å². The van der Waals surface area contributed by atoms with E-state index in [2.05, 4.69) is 9.97 Å². The Hall–Kier alpha value is -2.57. The van der Waals surface area contributed by atoms with Crippen LogP contribution in [0.5, 0.6) is 0 Å². The Morgan fingerprint density at radius 3 is 2.69 bits per heavy atom. The lowest BCUT2D eigenvalue weighted by Gasteiger charge is -2.22. The molecule has 0 N–H and O–H groups in total. The van der Waals surface area contributed by atoms with Crippen LogP contribution < -0.4 is 0 Å². The van der Waals surface area contributed by atoms with Gasteiger partial charge in [-0.25, -0.2) is 4.98 Å². The lowest BCUT2D eigenvalue weighted by Crippen LogP contribution is -2.34. The van der Waals surface area contributed by atoms with Crippen molar-refractivity contribution < 1.29 is 9.53 Å². The molecule has 134 valence electrons. The van der Waals surface area contributed by atoms with Crippen LogP contribution in [-0.4, -0.2) is 41.0 Å². The highest BCUT2D eigenvalue weighted by molar-refractivity contribution is 7.13. The molecule has 0 fully saturated rings. The number of hydrogen-bond acceptors (Lipinski definition) is 5. The molecular weight excluding hydrogens is 346 g/mol. The molecule has 1 amide bonds. The molecule has 0 aliphatic carbocycles. The highest BCUT2D eigenvalue weighted by Gasteiger charge is 2.16. The number of amides is 1. The second-order valence-corrected chi connectivity index (χ2v) is 6.69. The predicted molar refractivity (Wildman–Crippen MR) is 103 cm³/mol. The van der Waals surface area contributed by atoms with E-state index in [9.17, 15) is 4.79 Å². The molecule has 0 spiro atoms. The maximum absolute atomic E-state index is 12.8. The van der Waals surface area contributed by atoms with Crippen molar-refractivity contribution in [2.24, 2.45) is 0 Å². The molecule has 0 bridgehead atoms. The van der Waals surface area contributed by atoms with Crippen molar-refractivity contribution in [1.82, 2.24) is 14.9 Å². The molecule has 0 aliphatic heterocycles. The highest BCUT2D eigenvalue weighted by Crippen LogP contribution is 2.22. The minimum atomic E-state index is 0.0452. The Morgan fingerprint density at radius 2 is 1.96 bits per heavy atom. The molecular formula is C20H21N3O2S. The van der Waals surface area contributed by atoms with Crippen LogP contribution in [0.3, 0.4) is 0 Å². The van der Waals surface area contributed by atoms with Crippen LogP contribution in [0.25, 0.3) is 10.7 Å². The Labute approximate surface area is 157 Å². The summed E-state index contributed by atoms with van der Waals surface area (Å²) in [6.45, 7) is 1.64. The topological polar surface area (TPSA) is 55.3 Å². The molecule has 0 saturated heterocycles. The average molecular weight is 367 g/mol. The Morgan fingerprint density at radius 1 is 1.15 bits per heavy atom. The van der Waals surface area contributed by atoms with Gasteiger partial charge in [0.2, 0.25) is 5.91 Å². The van der Waals surface area contributed by atoms with Crippen molar-refractivity contribution in [3.63, 3.8) is 0 Å². The Kier molecular flexibility index (Phi) is 6.46. The summed E-state index contributed by atoms with van der Waals surface area (Å²) in [4.78, 5) is 23.5. The third kappa shape index (κ3) is 4.97.